The molecule has 0 spiro atoms. The molecule has 2 fully saturated rings. The first-order chi connectivity index (χ1) is 15.8. The number of hydrogen-bond acceptors (Lipinski definition) is 7. The van der Waals surface area contributed by atoms with Gasteiger partial charge in [-0.15, -0.1) is 0 Å². The second kappa shape index (κ2) is 10.1. The number of carbonyl (C=O) groups excluding carboxylic acids is 1. The molecule has 0 bridgehead atoms. The van der Waals surface area contributed by atoms with Crippen molar-refractivity contribution in [1.29, 1.82) is 0 Å². The lowest BCUT2D eigenvalue weighted by atomic mass is 10.1. The van der Waals surface area contributed by atoms with E-state index in [0.717, 1.165) is 37.6 Å². The van der Waals surface area contributed by atoms with Crippen molar-refractivity contribution in [2.45, 2.75) is 17.9 Å². The lowest BCUT2D eigenvalue weighted by molar-refractivity contribution is 0.0938. The second-order valence-electron chi connectivity index (χ2n) is 8.21. The van der Waals surface area contributed by atoms with E-state index in [0.29, 0.717) is 32.0 Å². The number of benzene rings is 2. The minimum atomic E-state index is -3.94. The highest BCUT2D eigenvalue weighted by Gasteiger charge is 2.23. The van der Waals surface area contributed by atoms with Gasteiger partial charge in [0.2, 0.25) is 10.0 Å². The molecule has 1 amide bonds. The highest BCUT2D eigenvalue weighted by Crippen LogP contribution is 2.26. The Morgan fingerprint density at radius 3 is 2.09 bits per heavy atom. The van der Waals surface area contributed by atoms with E-state index in [1.165, 1.54) is 12.1 Å². The van der Waals surface area contributed by atoms with Gasteiger partial charge in [0, 0.05) is 37.6 Å². The van der Waals surface area contributed by atoms with Gasteiger partial charge in [-0.1, -0.05) is 12.1 Å². The first-order valence-electron chi connectivity index (χ1n) is 11.1. The van der Waals surface area contributed by atoms with Gasteiger partial charge in [-0.25, -0.2) is 13.6 Å². The van der Waals surface area contributed by atoms with Crippen molar-refractivity contribution in [1.82, 2.24) is 5.32 Å². The lowest BCUT2D eigenvalue weighted by Crippen LogP contribution is -2.38. The summed E-state index contributed by atoms with van der Waals surface area (Å²) in [6.45, 7) is 7.38. The number of amides is 1. The zero-order valence-electron chi connectivity index (χ0n) is 18.7. The highest BCUT2D eigenvalue weighted by molar-refractivity contribution is 7.89. The van der Waals surface area contributed by atoms with E-state index in [-0.39, 0.29) is 22.4 Å². The number of sulfonamides is 1. The largest absolute Gasteiger partial charge is 0.378 e. The molecule has 0 aromatic heterocycles. The maximum Gasteiger partial charge on any atom is 0.253 e. The van der Waals surface area contributed by atoms with Crippen molar-refractivity contribution in [3.8, 4) is 0 Å². The third kappa shape index (κ3) is 5.64. The van der Waals surface area contributed by atoms with E-state index in [9.17, 15) is 13.2 Å². The molecule has 2 saturated heterocycles. The Morgan fingerprint density at radius 1 is 0.939 bits per heavy atom. The van der Waals surface area contributed by atoms with E-state index in [1.807, 2.05) is 36.1 Å². The molecule has 2 aliphatic rings. The number of rotatable bonds is 6. The molecule has 1 atom stereocenters. The molecule has 4 rings (SSSR count). The van der Waals surface area contributed by atoms with Gasteiger partial charge in [0.1, 0.15) is 0 Å². The van der Waals surface area contributed by atoms with Crippen LogP contribution >= 0.6 is 0 Å². The van der Waals surface area contributed by atoms with Crippen LogP contribution in [-0.4, -0.2) is 66.9 Å². The Labute approximate surface area is 194 Å². The van der Waals surface area contributed by atoms with E-state index >= 15 is 0 Å². The summed E-state index contributed by atoms with van der Waals surface area (Å²) >= 11 is 0. The first kappa shape index (κ1) is 23.5. The topological polar surface area (TPSA) is 114 Å². The molecule has 0 radical (unpaired) electrons. The van der Waals surface area contributed by atoms with Crippen molar-refractivity contribution >= 4 is 27.3 Å². The van der Waals surface area contributed by atoms with Crippen molar-refractivity contribution in [2.24, 2.45) is 5.14 Å². The third-order valence-corrected chi connectivity index (χ3v) is 6.92. The lowest BCUT2D eigenvalue weighted by Gasteiger charge is -2.31. The molecule has 10 heteroatoms. The van der Waals surface area contributed by atoms with Crippen LogP contribution in [0.25, 0.3) is 0 Å². The van der Waals surface area contributed by atoms with Crippen LogP contribution in [0.4, 0.5) is 11.4 Å². The highest BCUT2D eigenvalue weighted by atomic mass is 32.2. The molecule has 2 heterocycles. The number of morpholine rings is 2. The average molecular weight is 475 g/mol. The van der Waals surface area contributed by atoms with Gasteiger partial charge in [0.15, 0.2) is 0 Å². The van der Waals surface area contributed by atoms with Gasteiger partial charge in [-0.05, 0) is 42.8 Å². The number of anilines is 2. The standard InChI is InChI=1S/C23H30N4O5S/c1-17(18-2-4-19(5-3-18)26-8-12-31-13-9-26)25-23(28)21-16-20(33(24,29)30)6-7-22(21)27-10-14-32-15-11-27/h2-7,16-17H,8-15H2,1H3,(H,25,28)(H2,24,29,30). The van der Waals surface area contributed by atoms with E-state index in [2.05, 4.69) is 10.2 Å². The Hall–Kier alpha value is -2.66. The van der Waals surface area contributed by atoms with Crippen LogP contribution in [0.5, 0.6) is 0 Å². The molecule has 0 aliphatic carbocycles. The molecule has 2 aliphatic heterocycles. The fraction of sp³-hybridized carbons (Fsp3) is 0.435. The van der Waals surface area contributed by atoms with E-state index in [1.54, 1.807) is 6.07 Å². The second-order valence-corrected chi connectivity index (χ2v) is 9.77. The molecule has 33 heavy (non-hydrogen) atoms. The number of carbonyl (C=O) groups is 1. The SMILES string of the molecule is CC(NC(=O)c1cc(S(N)(=O)=O)ccc1N1CCOCC1)c1ccc(N2CCOCC2)cc1. The van der Waals surface area contributed by atoms with Crippen LogP contribution in [0.15, 0.2) is 47.4 Å². The Kier molecular flexibility index (Phi) is 7.18. The summed E-state index contributed by atoms with van der Waals surface area (Å²) in [6, 6.07) is 12.2. The number of nitrogens with zero attached hydrogens (tertiary/aromatic N) is 2. The van der Waals surface area contributed by atoms with Gasteiger partial charge in [0.25, 0.3) is 5.91 Å². The van der Waals surface area contributed by atoms with Crippen LogP contribution in [0, 0.1) is 0 Å². The van der Waals surface area contributed by atoms with Crippen LogP contribution in [0.3, 0.4) is 0 Å². The van der Waals surface area contributed by atoms with Crippen LogP contribution in [0.1, 0.15) is 28.9 Å². The molecule has 178 valence electrons. The monoisotopic (exact) mass is 474 g/mol. The normalized spacial score (nSPS) is 18.1. The van der Waals surface area contributed by atoms with Gasteiger partial charge in [-0.3, -0.25) is 4.79 Å². The van der Waals surface area contributed by atoms with E-state index in [4.69, 9.17) is 14.6 Å². The third-order valence-electron chi connectivity index (χ3n) is 6.01. The Morgan fingerprint density at radius 2 is 1.52 bits per heavy atom. The van der Waals surface area contributed by atoms with Gasteiger partial charge in [0.05, 0.1) is 42.9 Å². The predicted octanol–water partition coefficient (Wildman–Crippen LogP) is 1.50. The fourth-order valence-corrected chi connectivity index (χ4v) is 4.65. The van der Waals surface area contributed by atoms with Crippen molar-refractivity contribution in [2.75, 3.05) is 62.4 Å². The van der Waals surface area contributed by atoms with Crippen LogP contribution < -0.4 is 20.3 Å². The van der Waals surface area contributed by atoms with Gasteiger partial charge < -0.3 is 24.6 Å². The quantitative estimate of drug-likeness (QED) is 0.652. The number of primary sulfonamides is 1. The molecular weight excluding hydrogens is 444 g/mol. The van der Waals surface area contributed by atoms with Crippen LogP contribution in [0.2, 0.25) is 0 Å². The van der Waals surface area contributed by atoms with Crippen molar-refractivity contribution < 1.29 is 22.7 Å². The smallest absolute Gasteiger partial charge is 0.253 e. The van der Waals surface area contributed by atoms with Crippen LogP contribution in [-0.2, 0) is 19.5 Å². The molecule has 2 aromatic carbocycles. The summed E-state index contributed by atoms with van der Waals surface area (Å²) < 4.78 is 34.6. The molecule has 1 unspecified atom stereocenters. The number of ether oxygens (including phenoxy) is 2. The zero-order chi connectivity index (χ0) is 23.4. The predicted molar refractivity (Wildman–Crippen MR) is 126 cm³/mol. The summed E-state index contributed by atoms with van der Waals surface area (Å²) in [4.78, 5) is 17.5. The summed E-state index contributed by atoms with van der Waals surface area (Å²) in [5, 5.41) is 8.32. The maximum absolute atomic E-state index is 13.3. The molecule has 0 saturated carbocycles. The minimum Gasteiger partial charge on any atom is -0.378 e. The minimum absolute atomic E-state index is 0.0906. The van der Waals surface area contributed by atoms with Crippen molar-refractivity contribution in [3.05, 3.63) is 53.6 Å². The molecular formula is C23H30N4O5S. The summed E-state index contributed by atoms with van der Waals surface area (Å²) in [7, 11) is -3.94. The van der Waals surface area contributed by atoms with E-state index < -0.39 is 10.0 Å². The zero-order valence-corrected chi connectivity index (χ0v) is 19.5. The Balaban J connectivity index is 1.53. The van der Waals surface area contributed by atoms with Gasteiger partial charge >= 0.3 is 0 Å². The van der Waals surface area contributed by atoms with Crippen molar-refractivity contribution in [3.63, 3.8) is 0 Å². The molecule has 9 nitrogen and oxygen atoms in total. The summed E-state index contributed by atoms with van der Waals surface area (Å²) in [5.74, 6) is -0.355. The summed E-state index contributed by atoms with van der Waals surface area (Å²) in [6.07, 6.45) is 0. The Bertz CT molecular complexity index is 1080. The summed E-state index contributed by atoms with van der Waals surface area (Å²) in [5.41, 5.74) is 3.02. The number of hydrogen-bond donors (Lipinski definition) is 2. The average Bonchev–Trinajstić information content (AvgIpc) is 2.84. The molecule has 3 N–H and O–H groups in total. The first-order valence-corrected chi connectivity index (χ1v) is 12.6. The number of nitrogens with one attached hydrogen (secondary N) is 1. The fourth-order valence-electron chi connectivity index (χ4n) is 4.11. The molecule has 2 aromatic rings. The maximum atomic E-state index is 13.3. The number of nitrogens with two attached hydrogens (primary N) is 1. The van der Waals surface area contributed by atoms with Gasteiger partial charge in [-0.2, -0.15) is 0 Å².